The smallest absolute Gasteiger partial charge is 0.234 e. The fourth-order valence-electron chi connectivity index (χ4n) is 2.45. The molecule has 2 aromatic carbocycles. The monoisotopic (exact) mass is 331 g/mol. The number of carbonyl (C=O) groups is 1. The van der Waals surface area contributed by atoms with Gasteiger partial charge in [-0.15, -0.1) is 0 Å². The van der Waals surface area contributed by atoms with Crippen LogP contribution in [0.2, 0.25) is 0 Å². The van der Waals surface area contributed by atoms with E-state index >= 15 is 0 Å². The van der Waals surface area contributed by atoms with Crippen LogP contribution < -0.4 is 10.1 Å². The third-order valence-corrected chi connectivity index (χ3v) is 3.90. The van der Waals surface area contributed by atoms with E-state index < -0.39 is 11.2 Å². The fraction of sp³-hybridized carbons (Fsp3) is 0.316. The minimum absolute atomic E-state index is 0.199. The van der Waals surface area contributed by atoms with Crippen molar-refractivity contribution in [3.05, 3.63) is 59.4 Å². The van der Waals surface area contributed by atoms with Gasteiger partial charge in [-0.05, 0) is 45.0 Å². The highest BCUT2D eigenvalue weighted by Crippen LogP contribution is 2.29. The number of amides is 1. The Bertz CT molecular complexity index is 728. The zero-order valence-electron chi connectivity index (χ0n) is 14.1. The molecule has 2 rings (SSSR count). The Morgan fingerprint density at radius 2 is 1.96 bits per heavy atom. The van der Waals surface area contributed by atoms with Crippen molar-refractivity contribution in [3.8, 4) is 5.75 Å². The molecule has 24 heavy (non-hydrogen) atoms. The molecule has 2 aromatic rings. The van der Waals surface area contributed by atoms with Crippen LogP contribution in [0.25, 0.3) is 0 Å². The Labute approximate surface area is 141 Å². The highest BCUT2D eigenvalue weighted by Gasteiger charge is 2.32. The molecule has 0 saturated carbocycles. The molecule has 0 aromatic heterocycles. The minimum atomic E-state index is -1.04. The molecule has 0 saturated heterocycles. The van der Waals surface area contributed by atoms with E-state index in [0.29, 0.717) is 29.2 Å². The molecule has 1 amide bonds. The van der Waals surface area contributed by atoms with Gasteiger partial charge in [-0.25, -0.2) is 4.39 Å². The predicted molar refractivity (Wildman–Crippen MR) is 91.6 cm³/mol. The summed E-state index contributed by atoms with van der Waals surface area (Å²) < 4.78 is 19.4. The van der Waals surface area contributed by atoms with Crippen LogP contribution in [0.4, 0.5) is 10.1 Å². The summed E-state index contributed by atoms with van der Waals surface area (Å²) in [7, 11) is 0. The molecule has 0 spiro atoms. The van der Waals surface area contributed by atoms with Crippen LogP contribution in [0, 0.1) is 5.82 Å². The summed E-state index contributed by atoms with van der Waals surface area (Å²) in [6, 6.07) is 11.3. The maximum absolute atomic E-state index is 14.0. The van der Waals surface area contributed by atoms with Crippen LogP contribution >= 0.6 is 0 Å². The molecular formula is C19H22FNO3. The van der Waals surface area contributed by atoms with E-state index in [4.69, 9.17) is 4.74 Å². The second kappa shape index (κ2) is 7.45. The molecule has 0 atom stereocenters. The molecule has 0 aliphatic rings. The maximum atomic E-state index is 14.0. The molecule has 0 bridgehead atoms. The standard InChI is InChI=1S/C19H22FNO3/c1-4-24-17-10-9-14(11-13(17)12-22)21-18(23)19(2,3)15-7-5-6-8-16(15)20/h5-11,22H,4,12H2,1-3H3,(H,21,23). The number of nitrogens with one attached hydrogen (secondary N) is 1. The quantitative estimate of drug-likeness (QED) is 0.850. The van der Waals surface area contributed by atoms with E-state index in [2.05, 4.69) is 5.32 Å². The van der Waals surface area contributed by atoms with Crippen LogP contribution in [0.3, 0.4) is 0 Å². The van der Waals surface area contributed by atoms with Gasteiger partial charge in [0.1, 0.15) is 11.6 Å². The summed E-state index contributed by atoms with van der Waals surface area (Å²) in [6.45, 7) is 5.48. The van der Waals surface area contributed by atoms with E-state index in [-0.39, 0.29) is 12.5 Å². The first-order valence-corrected chi connectivity index (χ1v) is 7.83. The molecule has 0 aliphatic heterocycles. The number of aliphatic hydroxyl groups is 1. The number of halogens is 1. The third-order valence-electron chi connectivity index (χ3n) is 3.90. The van der Waals surface area contributed by atoms with E-state index in [1.165, 1.54) is 6.07 Å². The second-order valence-electron chi connectivity index (χ2n) is 5.97. The molecular weight excluding hydrogens is 309 g/mol. The van der Waals surface area contributed by atoms with Crippen molar-refractivity contribution >= 4 is 11.6 Å². The summed E-state index contributed by atoms with van der Waals surface area (Å²) in [5, 5.41) is 12.2. The first-order chi connectivity index (χ1) is 11.4. The van der Waals surface area contributed by atoms with Crippen molar-refractivity contribution in [1.29, 1.82) is 0 Å². The first kappa shape index (κ1) is 17.9. The van der Waals surface area contributed by atoms with E-state index in [1.807, 2.05) is 6.92 Å². The molecule has 0 unspecified atom stereocenters. The number of carbonyl (C=O) groups excluding carboxylic acids is 1. The van der Waals surface area contributed by atoms with Crippen molar-refractivity contribution in [3.63, 3.8) is 0 Å². The van der Waals surface area contributed by atoms with E-state index in [9.17, 15) is 14.3 Å². The van der Waals surface area contributed by atoms with Crippen LogP contribution in [0.1, 0.15) is 31.9 Å². The van der Waals surface area contributed by atoms with Crippen molar-refractivity contribution in [2.24, 2.45) is 0 Å². The van der Waals surface area contributed by atoms with Gasteiger partial charge in [0.25, 0.3) is 0 Å². The number of hydrogen-bond donors (Lipinski definition) is 2. The second-order valence-corrected chi connectivity index (χ2v) is 5.97. The van der Waals surface area contributed by atoms with Gasteiger partial charge in [-0.2, -0.15) is 0 Å². The zero-order chi connectivity index (χ0) is 17.7. The minimum Gasteiger partial charge on any atom is -0.494 e. The molecule has 0 radical (unpaired) electrons. The summed E-state index contributed by atoms with van der Waals surface area (Å²) in [5.41, 5.74) is 0.398. The van der Waals surface area contributed by atoms with Gasteiger partial charge >= 0.3 is 0 Å². The van der Waals surface area contributed by atoms with E-state index in [0.717, 1.165) is 0 Å². The molecule has 0 aliphatic carbocycles. The van der Waals surface area contributed by atoms with Crippen LogP contribution in [-0.4, -0.2) is 17.6 Å². The van der Waals surface area contributed by atoms with Crippen LogP contribution in [0.15, 0.2) is 42.5 Å². The van der Waals surface area contributed by atoms with Gasteiger partial charge in [-0.3, -0.25) is 4.79 Å². The summed E-state index contributed by atoms with van der Waals surface area (Å²) >= 11 is 0. The number of aliphatic hydroxyl groups excluding tert-OH is 1. The lowest BCUT2D eigenvalue weighted by Crippen LogP contribution is -2.35. The normalized spacial score (nSPS) is 11.2. The van der Waals surface area contributed by atoms with Gasteiger partial charge in [0, 0.05) is 16.8 Å². The Morgan fingerprint density at radius 3 is 2.58 bits per heavy atom. The topological polar surface area (TPSA) is 58.6 Å². The Balaban J connectivity index is 2.24. The molecule has 0 heterocycles. The number of benzene rings is 2. The molecule has 0 fully saturated rings. The van der Waals surface area contributed by atoms with Gasteiger partial charge in [0.2, 0.25) is 5.91 Å². The van der Waals surface area contributed by atoms with Crippen LogP contribution in [-0.2, 0) is 16.8 Å². The van der Waals surface area contributed by atoms with Gasteiger partial charge in [0.15, 0.2) is 0 Å². The fourth-order valence-corrected chi connectivity index (χ4v) is 2.45. The zero-order valence-corrected chi connectivity index (χ0v) is 14.1. The average molecular weight is 331 g/mol. The lowest BCUT2D eigenvalue weighted by molar-refractivity contribution is -0.120. The number of ether oxygens (including phenoxy) is 1. The highest BCUT2D eigenvalue weighted by atomic mass is 19.1. The predicted octanol–water partition coefficient (Wildman–Crippen LogP) is 3.63. The molecule has 4 nitrogen and oxygen atoms in total. The Kier molecular flexibility index (Phi) is 5.57. The summed E-state index contributed by atoms with van der Waals surface area (Å²) in [5.74, 6) is -0.174. The largest absolute Gasteiger partial charge is 0.494 e. The Morgan fingerprint density at radius 1 is 1.25 bits per heavy atom. The third kappa shape index (κ3) is 3.74. The number of hydrogen-bond acceptors (Lipinski definition) is 3. The number of rotatable bonds is 6. The number of anilines is 1. The Hall–Kier alpha value is -2.40. The van der Waals surface area contributed by atoms with Gasteiger partial charge < -0.3 is 15.2 Å². The highest BCUT2D eigenvalue weighted by molar-refractivity contribution is 5.98. The van der Waals surface area contributed by atoms with Crippen molar-refractivity contribution in [1.82, 2.24) is 0 Å². The van der Waals surface area contributed by atoms with Crippen molar-refractivity contribution in [2.45, 2.75) is 32.8 Å². The summed E-state index contributed by atoms with van der Waals surface area (Å²) in [4.78, 5) is 12.6. The van der Waals surface area contributed by atoms with Crippen LogP contribution in [0.5, 0.6) is 5.75 Å². The van der Waals surface area contributed by atoms with E-state index in [1.54, 1.807) is 50.2 Å². The lowest BCUT2D eigenvalue weighted by Gasteiger charge is -2.25. The SMILES string of the molecule is CCOc1ccc(NC(=O)C(C)(C)c2ccccc2F)cc1CO. The molecule has 2 N–H and O–H groups in total. The molecule has 128 valence electrons. The van der Waals surface area contributed by atoms with Gasteiger partial charge in [-0.1, -0.05) is 18.2 Å². The molecule has 5 heteroatoms. The summed E-state index contributed by atoms with van der Waals surface area (Å²) in [6.07, 6.45) is 0. The van der Waals surface area contributed by atoms with Crippen molar-refractivity contribution in [2.75, 3.05) is 11.9 Å². The lowest BCUT2D eigenvalue weighted by atomic mass is 9.83. The maximum Gasteiger partial charge on any atom is 0.234 e. The first-order valence-electron chi connectivity index (χ1n) is 7.83. The van der Waals surface area contributed by atoms with Gasteiger partial charge in [0.05, 0.1) is 18.6 Å². The average Bonchev–Trinajstić information content (AvgIpc) is 2.56. The van der Waals surface area contributed by atoms with Crippen molar-refractivity contribution < 1.29 is 19.0 Å².